The van der Waals surface area contributed by atoms with Crippen molar-refractivity contribution in [1.82, 2.24) is 15.3 Å². The van der Waals surface area contributed by atoms with Crippen molar-refractivity contribution in [3.05, 3.63) is 21.6 Å². The molecule has 0 aliphatic carbocycles. The molecule has 1 atom stereocenters. The smallest absolute Gasteiger partial charge is 0.222 e. The third-order valence-corrected chi connectivity index (χ3v) is 2.69. The van der Waals surface area contributed by atoms with Gasteiger partial charge in [0.05, 0.1) is 16.2 Å². The molecule has 1 saturated heterocycles. The quantitative estimate of drug-likeness (QED) is 0.805. The minimum Gasteiger partial charge on any atom is -0.308 e. The predicted octanol–water partition coefficient (Wildman–Crippen LogP) is 2.35. The molecule has 2 heterocycles. The Balaban J connectivity index is 0.000000845. The average Bonchev–Trinajstić information content (AvgIpc) is 1.93. The van der Waals surface area contributed by atoms with Gasteiger partial charge in [0.25, 0.3) is 0 Å². The highest BCUT2D eigenvalue weighted by Gasteiger charge is 2.22. The number of nitrogens with one attached hydrogen (secondary N) is 1. The van der Waals surface area contributed by atoms with Gasteiger partial charge in [0, 0.05) is 6.20 Å². The molecule has 1 aliphatic rings. The number of rotatable bonds is 1. The van der Waals surface area contributed by atoms with Crippen LogP contribution in [0.5, 0.6) is 0 Å². The highest BCUT2D eigenvalue weighted by Crippen LogP contribution is 2.27. The molecule has 2 rings (SSSR count). The van der Waals surface area contributed by atoms with E-state index in [2.05, 4.69) is 31.2 Å². The van der Waals surface area contributed by atoms with Crippen molar-refractivity contribution in [2.24, 2.45) is 0 Å². The zero-order valence-corrected chi connectivity index (χ0v) is 9.79. The van der Waals surface area contributed by atoms with Crippen molar-refractivity contribution in [3.8, 4) is 0 Å². The second kappa shape index (κ2) is 4.55. The molecule has 0 radical (unpaired) electrons. The molecule has 6 heteroatoms. The Kier molecular flexibility index (Phi) is 3.91. The fourth-order valence-corrected chi connectivity index (χ4v) is 1.73. The van der Waals surface area contributed by atoms with Crippen molar-refractivity contribution < 1.29 is 0 Å². The first-order valence-corrected chi connectivity index (χ1v) is 4.86. The van der Waals surface area contributed by atoms with Crippen LogP contribution in [0.3, 0.4) is 0 Å². The number of hydrogen-bond donors (Lipinski definition) is 1. The van der Waals surface area contributed by atoms with E-state index >= 15 is 0 Å². The Labute approximate surface area is 95.8 Å². The average molecular weight is 285 g/mol. The largest absolute Gasteiger partial charge is 0.308 e. The number of halogens is 3. The summed E-state index contributed by atoms with van der Waals surface area (Å²) in [6.45, 7) is 1.05. The van der Waals surface area contributed by atoms with Crippen molar-refractivity contribution in [1.29, 1.82) is 0 Å². The SMILES string of the molecule is Cl.Clc1ncc(Br)c(C2CCN2)n1. The summed E-state index contributed by atoms with van der Waals surface area (Å²) in [6, 6.07) is 0.347. The van der Waals surface area contributed by atoms with E-state index in [0.29, 0.717) is 11.3 Å². The molecule has 1 aromatic heterocycles. The summed E-state index contributed by atoms with van der Waals surface area (Å²) in [5.41, 5.74) is 0.959. The van der Waals surface area contributed by atoms with Gasteiger partial charge < -0.3 is 5.32 Å². The summed E-state index contributed by atoms with van der Waals surface area (Å²) in [7, 11) is 0. The Morgan fingerprint density at radius 3 is 2.85 bits per heavy atom. The Morgan fingerprint density at radius 1 is 1.62 bits per heavy atom. The van der Waals surface area contributed by atoms with Crippen molar-refractivity contribution >= 4 is 39.9 Å². The lowest BCUT2D eigenvalue weighted by Gasteiger charge is -2.27. The Hall–Kier alpha value is 0.1000. The third-order valence-electron chi connectivity index (χ3n) is 1.90. The van der Waals surface area contributed by atoms with E-state index in [1.807, 2.05) is 0 Å². The second-order valence-corrected chi connectivity index (χ2v) is 3.86. The van der Waals surface area contributed by atoms with Gasteiger partial charge >= 0.3 is 0 Å². The van der Waals surface area contributed by atoms with Crippen LogP contribution in [0.4, 0.5) is 0 Å². The molecule has 1 unspecified atom stereocenters. The lowest BCUT2D eigenvalue weighted by atomic mass is 10.0. The van der Waals surface area contributed by atoms with Gasteiger partial charge in [0.1, 0.15) is 0 Å². The molecular formula is C7H8BrCl2N3. The number of hydrogen-bond acceptors (Lipinski definition) is 3. The molecule has 3 nitrogen and oxygen atoms in total. The van der Waals surface area contributed by atoms with Crippen LogP contribution >= 0.6 is 39.9 Å². The maximum atomic E-state index is 5.67. The number of aromatic nitrogens is 2. The molecule has 1 N–H and O–H groups in total. The van der Waals surface area contributed by atoms with Crippen molar-refractivity contribution in [3.63, 3.8) is 0 Å². The van der Waals surface area contributed by atoms with Crippen LogP contribution in [0.15, 0.2) is 10.7 Å². The van der Waals surface area contributed by atoms with Gasteiger partial charge in [0.15, 0.2) is 0 Å². The lowest BCUT2D eigenvalue weighted by molar-refractivity contribution is 0.373. The standard InChI is InChI=1S/C7H7BrClN3.ClH/c8-4-3-11-7(9)12-6(4)5-1-2-10-5;/h3,5,10H,1-2H2;1H. The van der Waals surface area contributed by atoms with Gasteiger partial charge in [-0.15, -0.1) is 12.4 Å². The lowest BCUT2D eigenvalue weighted by Crippen LogP contribution is -2.35. The van der Waals surface area contributed by atoms with E-state index in [9.17, 15) is 0 Å². The maximum absolute atomic E-state index is 5.67. The van der Waals surface area contributed by atoms with Gasteiger partial charge in [-0.25, -0.2) is 9.97 Å². The van der Waals surface area contributed by atoms with Gasteiger partial charge in [-0.3, -0.25) is 0 Å². The molecule has 72 valence electrons. The molecule has 13 heavy (non-hydrogen) atoms. The fraction of sp³-hybridized carbons (Fsp3) is 0.429. The summed E-state index contributed by atoms with van der Waals surface area (Å²) in [6.07, 6.45) is 2.80. The van der Waals surface area contributed by atoms with E-state index in [-0.39, 0.29) is 12.4 Å². The molecule has 0 spiro atoms. The first-order valence-electron chi connectivity index (χ1n) is 3.68. The molecule has 0 aromatic carbocycles. The Bertz CT molecular complexity index is 304. The van der Waals surface area contributed by atoms with Crippen LogP contribution in [0.25, 0.3) is 0 Å². The molecule has 0 bridgehead atoms. The van der Waals surface area contributed by atoms with E-state index in [4.69, 9.17) is 11.6 Å². The number of nitrogens with zero attached hydrogens (tertiary/aromatic N) is 2. The zero-order chi connectivity index (χ0) is 8.55. The van der Waals surface area contributed by atoms with Gasteiger partial charge in [-0.1, -0.05) is 0 Å². The molecular weight excluding hydrogens is 277 g/mol. The van der Waals surface area contributed by atoms with Crippen LogP contribution in [0.1, 0.15) is 18.2 Å². The molecule has 1 aromatic rings. The van der Waals surface area contributed by atoms with Gasteiger partial charge in [-0.05, 0) is 40.5 Å². The minimum atomic E-state index is 0. The minimum absolute atomic E-state index is 0. The predicted molar refractivity (Wildman–Crippen MR) is 57.4 cm³/mol. The van der Waals surface area contributed by atoms with Gasteiger partial charge in [0.2, 0.25) is 5.28 Å². The normalized spacial score (nSPS) is 20.3. The Morgan fingerprint density at radius 2 is 2.31 bits per heavy atom. The zero-order valence-electron chi connectivity index (χ0n) is 6.63. The third kappa shape index (κ3) is 2.31. The summed E-state index contributed by atoms with van der Waals surface area (Å²) in [4.78, 5) is 8.00. The maximum Gasteiger partial charge on any atom is 0.222 e. The summed E-state index contributed by atoms with van der Waals surface area (Å²) >= 11 is 9.05. The fourth-order valence-electron chi connectivity index (χ4n) is 1.12. The summed E-state index contributed by atoms with van der Waals surface area (Å²) in [5, 5.41) is 3.56. The molecule has 0 saturated carbocycles. The highest BCUT2D eigenvalue weighted by molar-refractivity contribution is 9.10. The summed E-state index contributed by atoms with van der Waals surface area (Å²) in [5.74, 6) is 0. The molecule has 1 aliphatic heterocycles. The van der Waals surface area contributed by atoms with Crippen LogP contribution in [-0.2, 0) is 0 Å². The van der Waals surface area contributed by atoms with E-state index in [1.54, 1.807) is 6.20 Å². The highest BCUT2D eigenvalue weighted by atomic mass is 79.9. The second-order valence-electron chi connectivity index (χ2n) is 2.67. The summed E-state index contributed by atoms with van der Waals surface area (Å²) < 4.78 is 0.920. The van der Waals surface area contributed by atoms with Gasteiger partial charge in [-0.2, -0.15) is 0 Å². The van der Waals surface area contributed by atoms with E-state index in [0.717, 1.165) is 23.1 Å². The van der Waals surface area contributed by atoms with Crippen molar-refractivity contribution in [2.75, 3.05) is 6.54 Å². The van der Waals surface area contributed by atoms with Crippen LogP contribution in [0.2, 0.25) is 5.28 Å². The first kappa shape index (κ1) is 11.2. The van der Waals surface area contributed by atoms with E-state index < -0.39 is 0 Å². The van der Waals surface area contributed by atoms with Crippen LogP contribution in [-0.4, -0.2) is 16.5 Å². The topological polar surface area (TPSA) is 37.8 Å². The molecule has 0 amide bonds. The van der Waals surface area contributed by atoms with E-state index in [1.165, 1.54) is 0 Å². The van der Waals surface area contributed by atoms with Crippen molar-refractivity contribution in [2.45, 2.75) is 12.5 Å². The first-order chi connectivity index (χ1) is 5.77. The van der Waals surface area contributed by atoms with Crippen LogP contribution < -0.4 is 5.32 Å². The molecule has 1 fully saturated rings. The van der Waals surface area contributed by atoms with Crippen LogP contribution in [0, 0.1) is 0 Å². The monoisotopic (exact) mass is 283 g/mol.